The molecule has 0 spiro atoms. The second kappa shape index (κ2) is 9.00. The Bertz CT molecular complexity index is 1360. The molecule has 10 heteroatoms. The van der Waals surface area contributed by atoms with Crippen molar-refractivity contribution >= 4 is 34.2 Å². The number of fused-ring (bicyclic) bond motifs is 1. The lowest BCUT2D eigenvalue weighted by atomic mass is 10.0. The highest BCUT2D eigenvalue weighted by Crippen LogP contribution is 2.41. The maximum Gasteiger partial charge on any atom is 0.340 e. The van der Waals surface area contributed by atoms with Gasteiger partial charge in [-0.2, -0.15) is 5.10 Å². The first-order valence-corrected chi connectivity index (χ1v) is 11.0. The summed E-state index contributed by atoms with van der Waals surface area (Å²) in [7, 11) is 1.77. The van der Waals surface area contributed by atoms with Gasteiger partial charge in [0.15, 0.2) is 0 Å². The van der Waals surface area contributed by atoms with Gasteiger partial charge < -0.3 is 23.9 Å². The van der Waals surface area contributed by atoms with Crippen LogP contribution < -0.4 is 9.64 Å². The average molecular weight is 486 g/mol. The molecule has 8 nitrogen and oxygen atoms in total. The fourth-order valence-electron chi connectivity index (χ4n) is 4.05. The number of hydrogen-bond donors (Lipinski definition) is 1. The van der Waals surface area contributed by atoms with E-state index in [2.05, 4.69) is 10.00 Å². The lowest BCUT2D eigenvalue weighted by Gasteiger charge is -2.30. The zero-order valence-corrected chi connectivity index (χ0v) is 19.0. The number of morpholine rings is 1. The van der Waals surface area contributed by atoms with Crippen LogP contribution in [0.1, 0.15) is 16.1 Å². The Balaban J connectivity index is 1.63. The number of aryl methyl sites for hydroxylation is 1. The molecular weight excluding hydrogens is 465 g/mol. The summed E-state index contributed by atoms with van der Waals surface area (Å²) in [5, 5.41) is 15.2. The van der Waals surface area contributed by atoms with E-state index in [1.54, 1.807) is 30.1 Å². The lowest BCUT2D eigenvalue weighted by molar-refractivity contribution is 0.0699. The summed E-state index contributed by atoms with van der Waals surface area (Å²) in [6.45, 7) is 2.51. The van der Waals surface area contributed by atoms with E-state index in [1.807, 2.05) is 0 Å². The summed E-state index contributed by atoms with van der Waals surface area (Å²) in [4.78, 5) is 14.3. The van der Waals surface area contributed by atoms with Crippen molar-refractivity contribution < 1.29 is 28.2 Å². The molecule has 4 aromatic rings. The molecule has 2 aromatic carbocycles. The molecule has 176 valence electrons. The Morgan fingerprint density at radius 1 is 1.24 bits per heavy atom. The van der Waals surface area contributed by atoms with Crippen molar-refractivity contribution in [2.45, 2.75) is 6.61 Å². The summed E-state index contributed by atoms with van der Waals surface area (Å²) < 4.78 is 32.6. The first-order chi connectivity index (χ1) is 16.4. The minimum atomic E-state index is -1.16. The van der Waals surface area contributed by atoms with Gasteiger partial charge in [0.2, 0.25) is 0 Å². The highest BCUT2D eigenvalue weighted by Gasteiger charge is 2.26. The SMILES string of the molecule is Cn1cc(Cl)c(COc2cc3c(C(=O)O)c(-c4ccc(F)cc4)oc3cc2N2CCOCC2)n1. The second-order valence-electron chi connectivity index (χ2n) is 7.92. The number of ether oxygens (including phenoxy) is 2. The summed E-state index contributed by atoms with van der Waals surface area (Å²) in [6.07, 6.45) is 1.68. The highest BCUT2D eigenvalue weighted by molar-refractivity contribution is 6.31. The van der Waals surface area contributed by atoms with Crippen LogP contribution in [0.5, 0.6) is 5.75 Å². The van der Waals surface area contributed by atoms with Crippen molar-refractivity contribution in [1.29, 1.82) is 0 Å². The number of carboxylic acid groups (broad SMARTS) is 1. The molecule has 0 aliphatic carbocycles. The van der Waals surface area contributed by atoms with E-state index >= 15 is 0 Å². The molecular formula is C24H21ClFN3O5. The lowest BCUT2D eigenvalue weighted by Crippen LogP contribution is -2.36. The minimum Gasteiger partial charge on any atom is -0.485 e. The van der Waals surface area contributed by atoms with Gasteiger partial charge in [0.05, 0.1) is 23.9 Å². The van der Waals surface area contributed by atoms with Crippen LogP contribution in [0, 0.1) is 5.82 Å². The molecule has 3 heterocycles. The van der Waals surface area contributed by atoms with Crippen LogP contribution in [0.15, 0.2) is 47.0 Å². The second-order valence-corrected chi connectivity index (χ2v) is 8.33. The number of anilines is 1. The number of hydrogen-bond acceptors (Lipinski definition) is 6. The molecule has 1 aliphatic rings. The zero-order chi connectivity index (χ0) is 23.8. The number of aromatic nitrogens is 2. The average Bonchev–Trinajstić information content (AvgIpc) is 3.36. The van der Waals surface area contributed by atoms with Crippen LogP contribution in [0.2, 0.25) is 5.02 Å². The number of carboxylic acids is 1. The van der Waals surface area contributed by atoms with Crippen molar-refractivity contribution in [3.05, 3.63) is 64.7 Å². The number of rotatable bonds is 6. The standard InChI is InChI=1S/C24H21ClFN3O5/c1-28-12-17(25)18(27-28)13-33-21-10-16-20(11-19(21)29-6-8-32-9-7-29)34-23(22(16)24(30)31)14-2-4-15(26)5-3-14/h2-5,10-12H,6-9,13H2,1H3,(H,30,31). The van der Waals surface area contributed by atoms with Crippen LogP contribution in [-0.4, -0.2) is 47.2 Å². The summed E-state index contributed by atoms with van der Waals surface area (Å²) in [5.41, 5.74) is 2.15. The van der Waals surface area contributed by atoms with Gasteiger partial charge in [-0.15, -0.1) is 0 Å². The Labute approximate surface area is 199 Å². The summed E-state index contributed by atoms with van der Waals surface area (Å²) in [5.74, 6) is -0.948. The Kier molecular flexibility index (Phi) is 5.89. The predicted octanol–water partition coefficient (Wildman–Crippen LogP) is 4.74. The van der Waals surface area contributed by atoms with Crippen LogP contribution in [0.4, 0.5) is 10.1 Å². The third-order valence-electron chi connectivity index (χ3n) is 5.66. The topological polar surface area (TPSA) is 90.0 Å². The molecule has 1 saturated heterocycles. The molecule has 1 fully saturated rings. The smallest absolute Gasteiger partial charge is 0.340 e. The van der Waals surface area contributed by atoms with Gasteiger partial charge in [-0.1, -0.05) is 11.6 Å². The van der Waals surface area contributed by atoms with Gasteiger partial charge in [0.25, 0.3) is 0 Å². The Morgan fingerprint density at radius 2 is 1.97 bits per heavy atom. The predicted molar refractivity (Wildman–Crippen MR) is 124 cm³/mol. The molecule has 0 atom stereocenters. The Hall–Kier alpha value is -3.56. The van der Waals surface area contributed by atoms with E-state index in [-0.39, 0.29) is 17.9 Å². The van der Waals surface area contributed by atoms with E-state index in [0.717, 1.165) is 5.69 Å². The molecule has 1 N–H and O–H groups in total. The van der Waals surface area contributed by atoms with Crippen LogP contribution >= 0.6 is 11.6 Å². The van der Waals surface area contributed by atoms with Crippen LogP contribution in [-0.2, 0) is 18.4 Å². The largest absolute Gasteiger partial charge is 0.485 e. The van der Waals surface area contributed by atoms with Crippen molar-refractivity contribution in [2.75, 3.05) is 31.2 Å². The van der Waals surface area contributed by atoms with Crippen molar-refractivity contribution in [3.63, 3.8) is 0 Å². The number of nitrogens with zero attached hydrogens (tertiary/aromatic N) is 3. The monoisotopic (exact) mass is 485 g/mol. The molecule has 0 unspecified atom stereocenters. The summed E-state index contributed by atoms with van der Waals surface area (Å²) in [6, 6.07) is 8.94. The third kappa shape index (κ3) is 4.20. The molecule has 5 rings (SSSR count). The van der Waals surface area contributed by atoms with E-state index in [4.69, 9.17) is 25.5 Å². The summed E-state index contributed by atoms with van der Waals surface area (Å²) >= 11 is 6.23. The molecule has 0 bridgehead atoms. The molecule has 0 saturated carbocycles. The van der Waals surface area contributed by atoms with Crippen LogP contribution in [0.3, 0.4) is 0 Å². The van der Waals surface area contributed by atoms with Crippen molar-refractivity contribution in [1.82, 2.24) is 9.78 Å². The normalized spacial score (nSPS) is 14.0. The van der Waals surface area contributed by atoms with E-state index in [1.165, 1.54) is 24.3 Å². The number of benzene rings is 2. The first kappa shape index (κ1) is 22.2. The molecule has 0 radical (unpaired) electrons. The zero-order valence-electron chi connectivity index (χ0n) is 18.3. The quantitative estimate of drug-likeness (QED) is 0.422. The first-order valence-electron chi connectivity index (χ1n) is 10.6. The maximum atomic E-state index is 13.4. The van der Waals surface area contributed by atoms with Gasteiger partial charge in [0.1, 0.15) is 40.8 Å². The van der Waals surface area contributed by atoms with E-state index in [0.29, 0.717) is 59.3 Å². The number of carbonyl (C=O) groups is 1. The van der Waals surface area contributed by atoms with E-state index in [9.17, 15) is 14.3 Å². The van der Waals surface area contributed by atoms with Crippen molar-refractivity contribution in [3.8, 4) is 17.1 Å². The Morgan fingerprint density at radius 3 is 2.62 bits per heavy atom. The number of furan rings is 1. The molecule has 0 amide bonds. The third-order valence-corrected chi connectivity index (χ3v) is 5.98. The molecule has 1 aliphatic heterocycles. The number of halogens is 2. The minimum absolute atomic E-state index is 0.0177. The van der Waals surface area contributed by atoms with Gasteiger partial charge in [0, 0.05) is 43.4 Å². The van der Waals surface area contributed by atoms with Crippen molar-refractivity contribution in [2.24, 2.45) is 7.05 Å². The van der Waals surface area contributed by atoms with E-state index < -0.39 is 11.8 Å². The number of aromatic carboxylic acids is 1. The van der Waals surface area contributed by atoms with Gasteiger partial charge >= 0.3 is 5.97 Å². The highest BCUT2D eigenvalue weighted by atomic mass is 35.5. The molecule has 34 heavy (non-hydrogen) atoms. The fraction of sp³-hybridized carbons (Fsp3) is 0.250. The van der Waals surface area contributed by atoms with Gasteiger partial charge in [-0.25, -0.2) is 9.18 Å². The van der Waals surface area contributed by atoms with Gasteiger partial charge in [-0.05, 0) is 30.3 Å². The van der Waals surface area contributed by atoms with Crippen LogP contribution in [0.25, 0.3) is 22.3 Å². The maximum absolute atomic E-state index is 13.4. The molecule has 2 aromatic heterocycles. The fourth-order valence-corrected chi connectivity index (χ4v) is 4.28. The van der Waals surface area contributed by atoms with Gasteiger partial charge in [-0.3, -0.25) is 4.68 Å².